The molecule has 0 aromatic carbocycles. The van der Waals surface area contributed by atoms with Crippen molar-refractivity contribution >= 4 is 12.0 Å². The molecule has 1 rings (SSSR count). The van der Waals surface area contributed by atoms with E-state index in [1.807, 2.05) is 13.8 Å². The number of ether oxygens (including phenoxy) is 1. The molecule has 0 radical (unpaired) electrons. The summed E-state index contributed by atoms with van der Waals surface area (Å²) >= 11 is 0. The maximum absolute atomic E-state index is 12.0. The zero-order valence-electron chi connectivity index (χ0n) is 11.7. The number of hydrogen-bond acceptors (Lipinski definition) is 3. The Hall–Kier alpha value is -1.30. The molecule has 0 atom stereocenters. The van der Waals surface area contributed by atoms with Gasteiger partial charge in [0.25, 0.3) is 0 Å². The Morgan fingerprint density at radius 3 is 2.53 bits per heavy atom. The Labute approximate surface area is 114 Å². The summed E-state index contributed by atoms with van der Waals surface area (Å²) in [7, 11) is 0. The van der Waals surface area contributed by atoms with Crippen LogP contribution in [0.15, 0.2) is 0 Å². The van der Waals surface area contributed by atoms with E-state index in [1.54, 1.807) is 4.90 Å². The molecule has 1 aliphatic heterocycles. The van der Waals surface area contributed by atoms with Gasteiger partial charge in [-0.3, -0.25) is 4.79 Å². The van der Waals surface area contributed by atoms with Gasteiger partial charge < -0.3 is 20.1 Å². The maximum atomic E-state index is 12.0. The van der Waals surface area contributed by atoms with Crippen molar-refractivity contribution in [1.29, 1.82) is 0 Å². The van der Waals surface area contributed by atoms with E-state index in [2.05, 4.69) is 5.32 Å². The number of carboxylic acid groups (broad SMARTS) is 1. The molecule has 19 heavy (non-hydrogen) atoms. The minimum Gasteiger partial charge on any atom is -0.481 e. The number of urea groups is 1. The lowest BCUT2D eigenvalue weighted by Crippen LogP contribution is -2.46. The lowest BCUT2D eigenvalue weighted by molar-refractivity contribution is -0.137. The monoisotopic (exact) mass is 272 g/mol. The van der Waals surface area contributed by atoms with Crippen LogP contribution >= 0.6 is 0 Å². The van der Waals surface area contributed by atoms with E-state index in [-0.39, 0.29) is 25.0 Å². The second-order valence-electron chi connectivity index (χ2n) is 5.17. The SMILES string of the molecule is CC(C)N(CCC(=O)O)C(=O)NCC1CCOCC1. The van der Waals surface area contributed by atoms with Crippen LogP contribution in [0.1, 0.15) is 33.1 Å². The predicted octanol–water partition coefficient (Wildman–Crippen LogP) is 1.31. The van der Waals surface area contributed by atoms with E-state index in [4.69, 9.17) is 9.84 Å². The molecule has 6 heteroatoms. The Balaban J connectivity index is 2.36. The largest absolute Gasteiger partial charge is 0.481 e. The van der Waals surface area contributed by atoms with Gasteiger partial charge in [0.15, 0.2) is 0 Å². The number of carboxylic acids is 1. The smallest absolute Gasteiger partial charge is 0.317 e. The normalized spacial score (nSPS) is 16.4. The zero-order valence-corrected chi connectivity index (χ0v) is 11.7. The first-order chi connectivity index (χ1) is 9.00. The number of amides is 2. The number of hydrogen-bond donors (Lipinski definition) is 2. The van der Waals surface area contributed by atoms with Crippen LogP contribution in [0.25, 0.3) is 0 Å². The van der Waals surface area contributed by atoms with E-state index in [0.29, 0.717) is 12.5 Å². The highest BCUT2D eigenvalue weighted by Crippen LogP contribution is 2.13. The maximum Gasteiger partial charge on any atom is 0.317 e. The predicted molar refractivity (Wildman–Crippen MR) is 71.0 cm³/mol. The summed E-state index contributed by atoms with van der Waals surface area (Å²) in [5, 5.41) is 11.6. The molecule has 1 saturated heterocycles. The first-order valence-corrected chi connectivity index (χ1v) is 6.84. The van der Waals surface area contributed by atoms with Crippen molar-refractivity contribution in [1.82, 2.24) is 10.2 Å². The molecule has 1 aliphatic rings. The zero-order chi connectivity index (χ0) is 14.3. The van der Waals surface area contributed by atoms with Crippen molar-refractivity contribution in [2.75, 3.05) is 26.3 Å². The average molecular weight is 272 g/mol. The standard InChI is InChI=1S/C13H24N2O4/c1-10(2)15(6-3-12(16)17)13(18)14-9-11-4-7-19-8-5-11/h10-11H,3-9H2,1-2H3,(H,14,18)(H,16,17). The third-order valence-corrected chi connectivity index (χ3v) is 3.33. The number of nitrogens with one attached hydrogen (secondary N) is 1. The highest BCUT2D eigenvalue weighted by molar-refractivity contribution is 5.75. The Morgan fingerprint density at radius 1 is 1.37 bits per heavy atom. The van der Waals surface area contributed by atoms with Crippen molar-refractivity contribution in [3.8, 4) is 0 Å². The lowest BCUT2D eigenvalue weighted by Gasteiger charge is -2.28. The van der Waals surface area contributed by atoms with Gasteiger partial charge in [-0.15, -0.1) is 0 Å². The minimum absolute atomic E-state index is 0.00552. The van der Waals surface area contributed by atoms with Crippen molar-refractivity contribution < 1.29 is 19.4 Å². The van der Waals surface area contributed by atoms with Crippen LogP contribution in [0.3, 0.4) is 0 Å². The van der Waals surface area contributed by atoms with Crippen molar-refractivity contribution in [2.45, 2.75) is 39.2 Å². The summed E-state index contributed by atoms with van der Waals surface area (Å²) in [5.74, 6) is -0.422. The lowest BCUT2D eigenvalue weighted by atomic mass is 10.0. The average Bonchev–Trinajstić information content (AvgIpc) is 2.37. The van der Waals surface area contributed by atoms with E-state index < -0.39 is 5.97 Å². The quantitative estimate of drug-likeness (QED) is 0.764. The molecule has 0 aliphatic carbocycles. The summed E-state index contributed by atoms with van der Waals surface area (Å²) in [6.07, 6.45) is 1.91. The number of carbonyl (C=O) groups excluding carboxylic acids is 1. The number of carbonyl (C=O) groups is 2. The second-order valence-corrected chi connectivity index (χ2v) is 5.17. The third-order valence-electron chi connectivity index (χ3n) is 3.33. The number of aliphatic carboxylic acids is 1. The Bertz CT molecular complexity index is 301. The summed E-state index contributed by atoms with van der Waals surface area (Å²) in [6.45, 7) is 6.16. The summed E-state index contributed by atoms with van der Waals surface area (Å²) in [4.78, 5) is 24.2. The molecule has 2 amide bonds. The van der Waals surface area contributed by atoms with Crippen LogP contribution in [0.2, 0.25) is 0 Å². The highest BCUT2D eigenvalue weighted by atomic mass is 16.5. The molecular formula is C13H24N2O4. The van der Waals surface area contributed by atoms with Gasteiger partial charge in [0.05, 0.1) is 6.42 Å². The number of rotatable bonds is 6. The van der Waals surface area contributed by atoms with Gasteiger partial charge in [-0.25, -0.2) is 4.79 Å². The van der Waals surface area contributed by atoms with Gasteiger partial charge in [0, 0.05) is 32.3 Å². The van der Waals surface area contributed by atoms with Gasteiger partial charge in [-0.1, -0.05) is 0 Å². The Kier molecular flexibility index (Phi) is 6.62. The van der Waals surface area contributed by atoms with Crippen LogP contribution in [0, 0.1) is 5.92 Å². The molecule has 0 bridgehead atoms. The Morgan fingerprint density at radius 2 is 2.00 bits per heavy atom. The molecule has 6 nitrogen and oxygen atoms in total. The van der Waals surface area contributed by atoms with Crippen LogP contribution in [-0.4, -0.2) is 54.4 Å². The fraction of sp³-hybridized carbons (Fsp3) is 0.846. The van der Waals surface area contributed by atoms with E-state index >= 15 is 0 Å². The van der Waals surface area contributed by atoms with Crippen molar-refractivity contribution in [3.05, 3.63) is 0 Å². The van der Waals surface area contributed by atoms with Crippen LogP contribution < -0.4 is 5.32 Å². The molecule has 110 valence electrons. The van der Waals surface area contributed by atoms with Gasteiger partial charge >= 0.3 is 12.0 Å². The summed E-state index contributed by atoms with van der Waals surface area (Å²) in [5.41, 5.74) is 0. The van der Waals surface area contributed by atoms with E-state index in [1.165, 1.54) is 0 Å². The topological polar surface area (TPSA) is 78.9 Å². The van der Waals surface area contributed by atoms with E-state index in [0.717, 1.165) is 26.1 Å². The second kappa shape index (κ2) is 7.99. The highest BCUT2D eigenvalue weighted by Gasteiger charge is 2.20. The first-order valence-electron chi connectivity index (χ1n) is 6.84. The molecular weight excluding hydrogens is 248 g/mol. The fourth-order valence-electron chi connectivity index (χ4n) is 2.09. The molecule has 0 aromatic heterocycles. The molecule has 0 spiro atoms. The molecule has 0 unspecified atom stereocenters. The van der Waals surface area contributed by atoms with Crippen molar-refractivity contribution in [3.63, 3.8) is 0 Å². The van der Waals surface area contributed by atoms with Crippen LogP contribution in [-0.2, 0) is 9.53 Å². The van der Waals surface area contributed by atoms with Gasteiger partial charge in [-0.05, 0) is 32.6 Å². The molecule has 0 saturated carbocycles. The van der Waals surface area contributed by atoms with Gasteiger partial charge in [-0.2, -0.15) is 0 Å². The van der Waals surface area contributed by atoms with Gasteiger partial charge in [0.1, 0.15) is 0 Å². The van der Waals surface area contributed by atoms with E-state index in [9.17, 15) is 9.59 Å². The minimum atomic E-state index is -0.886. The summed E-state index contributed by atoms with van der Waals surface area (Å²) in [6, 6.07) is -0.184. The van der Waals surface area contributed by atoms with Gasteiger partial charge in [0.2, 0.25) is 0 Å². The number of nitrogens with zero attached hydrogens (tertiary/aromatic N) is 1. The first kappa shape index (κ1) is 15.8. The van der Waals surface area contributed by atoms with Crippen molar-refractivity contribution in [2.24, 2.45) is 5.92 Å². The summed E-state index contributed by atoms with van der Waals surface area (Å²) < 4.78 is 5.27. The molecule has 0 aromatic rings. The molecule has 2 N–H and O–H groups in total. The molecule has 1 fully saturated rings. The van der Waals surface area contributed by atoms with Crippen LogP contribution in [0.5, 0.6) is 0 Å². The third kappa shape index (κ3) is 5.92. The van der Waals surface area contributed by atoms with Crippen LogP contribution in [0.4, 0.5) is 4.79 Å². The molecule has 1 heterocycles. The fourth-order valence-corrected chi connectivity index (χ4v) is 2.09.